The highest BCUT2D eigenvalue weighted by molar-refractivity contribution is 5.96. The van der Waals surface area contributed by atoms with E-state index in [9.17, 15) is 9.18 Å². The Bertz CT molecular complexity index is 765. The molecule has 0 aliphatic carbocycles. The van der Waals surface area contributed by atoms with Crippen molar-refractivity contribution in [3.8, 4) is 11.8 Å². The number of rotatable bonds is 3. The molecule has 0 unspecified atom stereocenters. The summed E-state index contributed by atoms with van der Waals surface area (Å²) >= 11 is 0. The number of aromatic nitrogens is 1. The predicted octanol–water partition coefficient (Wildman–Crippen LogP) is 3.22. The van der Waals surface area contributed by atoms with Gasteiger partial charge in [-0.05, 0) is 55.8 Å². The number of carbonyl (C=O) groups is 1. The molecule has 106 valence electrons. The maximum atomic E-state index is 13.0. The Labute approximate surface area is 121 Å². The van der Waals surface area contributed by atoms with Gasteiger partial charge in [-0.25, -0.2) is 9.18 Å². The van der Waals surface area contributed by atoms with Crippen LogP contribution in [0.15, 0.2) is 35.9 Å². The number of carboxylic acid groups (broad SMARTS) is 1. The number of benzene rings is 1. The molecule has 1 heterocycles. The lowest BCUT2D eigenvalue weighted by atomic mass is 10.1. The molecule has 0 aliphatic heterocycles. The van der Waals surface area contributed by atoms with Gasteiger partial charge in [0.1, 0.15) is 17.5 Å². The molecule has 21 heavy (non-hydrogen) atoms. The Hall–Kier alpha value is -2.87. The molecule has 0 fully saturated rings. The summed E-state index contributed by atoms with van der Waals surface area (Å²) in [5, 5.41) is 17.7. The van der Waals surface area contributed by atoms with Crippen LogP contribution in [0.2, 0.25) is 0 Å². The molecule has 5 heteroatoms. The topological polar surface area (TPSA) is 66.0 Å². The molecule has 0 bridgehead atoms. The third-order valence-electron chi connectivity index (χ3n) is 3.21. The van der Waals surface area contributed by atoms with E-state index >= 15 is 0 Å². The first-order valence-electron chi connectivity index (χ1n) is 6.24. The predicted molar refractivity (Wildman–Crippen MR) is 76.4 cm³/mol. The van der Waals surface area contributed by atoms with Crippen molar-refractivity contribution in [2.24, 2.45) is 0 Å². The van der Waals surface area contributed by atoms with Crippen molar-refractivity contribution in [1.29, 1.82) is 5.26 Å². The highest BCUT2D eigenvalue weighted by Gasteiger charge is 2.12. The minimum Gasteiger partial charge on any atom is -0.477 e. The van der Waals surface area contributed by atoms with Gasteiger partial charge in [0.05, 0.1) is 0 Å². The van der Waals surface area contributed by atoms with Gasteiger partial charge in [-0.3, -0.25) is 0 Å². The van der Waals surface area contributed by atoms with E-state index in [4.69, 9.17) is 10.4 Å². The first-order valence-corrected chi connectivity index (χ1v) is 6.24. The SMILES string of the molecule is Cc1cc(/C=C(/C#N)C(=O)O)c(C)n1-c1ccc(F)cc1. The summed E-state index contributed by atoms with van der Waals surface area (Å²) in [4.78, 5) is 10.9. The second kappa shape index (κ2) is 5.63. The number of nitrogens with zero attached hydrogens (tertiary/aromatic N) is 2. The fraction of sp³-hybridized carbons (Fsp3) is 0.125. The standard InChI is InChI=1S/C16H13FN2O2/c1-10-7-12(8-13(9-18)16(20)21)11(2)19(10)15-5-3-14(17)4-6-15/h3-8H,1-2H3,(H,20,21)/b13-8-. The van der Waals surface area contributed by atoms with Crippen LogP contribution in [-0.2, 0) is 4.79 Å². The van der Waals surface area contributed by atoms with Crippen LogP contribution in [0.3, 0.4) is 0 Å². The van der Waals surface area contributed by atoms with Crippen molar-refractivity contribution in [3.63, 3.8) is 0 Å². The Morgan fingerprint density at radius 2 is 1.95 bits per heavy atom. The number of aryl methyl sites for hydroxylation is 1. The van der Waals surface area contributed by atoms with Crippen LogP contribution < -0.4 is 0 Å². The molecule has 0 amide bonds. The minimum absolute atomic E-state index is 0.320. The van der Waals surface area contributed by atoms with E-state index in [1.54, 1.807) is 24.3 Å². The first-order chi connectivity index (χ1) is 9.93. The van der Waals surface area contributed by atoms with Crippen LogP contribution in [0.5, 0.6) is 0 Å². The van der Waals surface area contributed by atoms with Crippen LogP contribution in [0.25, 0.3) is 11.8 Å². The number of hydrogen-bond acceptors (Lipinski definition) is 2. The lowest BCUT2D eigenvalue weighted by molar-refractivity contribution is -0.132. The molecule has 4 nitrogen and oxygen atoms in total. The van der Waals surface area contributed by atoms with Crippen molar-refractivity contribution in [2.75, 3.05) is 0 Å². The maximum Gasteiger partial charge on any atom is 0.346 e. The van der Waals surface area contributed by atoms with E-state index in [2.05, 4.69) is 0 Å². The largest absolute Gasteiger partial charge is 0.477 e. The maximum absolute atomic E-state index is 13.0. The molecule has 2 aromatic rings. The van der Waals surface area contributed by atoms with Gasteiger partial charge in [-0.1, -0.05) is 0 Å². The second-order valence-corrected chi connectivity index (χ2v) is 4.61. The van der Waals surface area contributed by atoms with Crippen LogP contribution in [0.4, 0.5) is 4.39 Å². The van der Waals surface area contributed by atoms with Gasteiger partial charge in [-0.2, -0.15) is 5.26 Å². The summed E-state index contributed by atoms with van der Waals surface area (Å²) in [5.74, 6) is -1.58. The van der Waals surface area contributed by atoms with Gasteiger partial charge in [-0.15, -0.1) is 0 Å². The Morgan fingerprint density at radius 3 is 2.48 bits per heavy atom. The van der Waals surface area contributed by atoms with E-state index < -0.39 is 5.97 Å². The quantitative estimate of drug-likeness (QED) is 0.695. The normalized spacial score (nSPS) is 11.2. The fourth-order valence-corrected chi connectivity index (χ4v) is 2.22. The lowest BCUT2D eigenvalue weighted by Gasteiger charge is -2.09. The third-order valence-corrected chi connectivity index (χ3v) is 3.21. The Kier molecular flexibility index (Phi) is 3.90. The number of aliphatic carboxylic acids is 1. The van der Waals surface area contributed by atoms with E-state index in [0.29, 0.717) is 5.56 Å². The van der Waals surface area contributed by atoms with E-state index in [1.807, 2.05) is 18.4 Å². The van der Waals surface area contributed by atoms with Gasteiger partial charge < -0.3 is 9.67 Å². The molecule has 0 aliphatic rings. The van der Waals surface area contributed by atoms with E-state index in [-0.39, 0.29) is 11.4 Å². The summed E-state index contributed by atoms with van der Waals surface area (Å²) in [5.41, 5.74) is 2.76. The first kappa shape index (κ1) is 14.5. The molecule has 1 N–H and O–H groups in total. The zero-order valence-electron chi connectivity index (χ0n) is 11.6. The van der Waals surface area contributed by atoms with Crippen LogP contribution in [0, 0.1) is 31.0 Å². The third kappa shape index (κ3) is 2.84. The lowest BCUT2D eigenvalue weighted by Crippen LogP contribution is -2.00. The van der Waals surface area contributed by atoms with Gasteiger partial charge in [0, 0.05) is 17.1 Å². The number of halogens is 1. The average Bonchev–Trinajstić information content (AvgIpc) is 2.71. The second-order valence-electron chi connectivity index (χ2n) is 4.61. The molecule has 0 atom stereocenters. The zero-order valence-corrected chi connectivity index (χ0v) is 11.6. The molecular weight excluding hydrogens is 271 g/mol. The zero-order chi connectivity index (χ0) is 15.6. The average molecular weight is 284 g/mol. The molecule has 0 saturated carbocycles. The molecule has 0 radical (unpaired) electrons. The summed E-state index contributed by atoms with van der Waals surface area (Å²) in [7, 11) is 0. The van der Waals surface area contributed by atoms with Gasteiger partial charge in [0.25, 0.3) is 0 Å². The van der Waals surface area contributed by atoms with Gasteiger partial charge in [0.2, 0.25) is 0 Å². The van der Waals surface area contributed by atoms with Crippen LogP contribution in [-0.4, -0.2) is 15.6 Å². The number of carboxylic acids is 1. The number of hydrogen-bond donors (Lipinski definition) is 1. The minimum atomic E-state index is -1.26. The summed E-state index contributed by atoms with van der Waals surface area (Å²) in [6.45, 7) is 3.68. The highest BCUT2D eigenvalue weighted by atomic mass is 19.1. The molecular formula is C16H13FN2O2. The van der Waals surface area contributed by atoms with Gasteiger partial charge in [0.15, 0.2) is 0 Å². The molecule has 2 rings (SSSR count). The Morgan fingerprint density at radius 1 is 1.33 bits per heavy atom. The van der Waals surface area contributed by atoms with Crippen molar-refractivity contribution >= 4 is 12.0 Å². The number of nitriles is 1. The highest BCUT2D eigenvalue weighted by Crippen LogP contribution is 2.23. The molecule has 0 saturated heterocycles. The summed E-state index contributed by atoms with van der Waals surface area (Å²) in [6, 6.07) is 9.46. The van der Waals surface area contributed by atoms with Crippen molar-refractivity contribution in [1.82, 2.24) is 4.57 Å². The van der Waals surface area contributed by atoms with Gasteiger partial charge >= 0.3 is 5.97 Å². The van der Waals surface area contributed by atoms with E-state index in [1.165, 1.54) is 18.2 Å². The summed E-state index contributed by atoms with van der Waals surface area (Å²) < 4.78 is 14.9. The van der Waals surface area contributed by atoms with Crippen LogP contribution >= 0.6 is 0 Å². The fourth-order valence-electron chi connectivity index (χ4n) is 2.22. The molecule has 0 spiro atoms. The Balaban J connectivity index is 2.55. The molecule has 1 aromatic carbocycles. The summed E-state index contributed by atoms with van der Waals surface area (Å²) in [6.07, 6.45) is 1.34. The van der Waals surface area contributed by atoms with Crippen molar-refractivity contribution < 1.29 is 14.3 Å². The smallest absolute Gasteiger partial charge is 0.346 e. The monoisotopic (exact) mass is 284 g/mol. The van der Waals surface area contributed by atoms with Crippen molar-refractivity contribution in [3.05, 3.63) is 58.7 Å². The molecule has 1 aromatic heterocycles. The van der Waals surface area contributed by atoms with Crippen LogP contribution in [0.1, 0.15) is 17.0 Å². The van der Waals surface area contributed by atoms with E-state index in [0.717, 1.165) is 17.1 Å². The van der Waals surface area contributed by atoms with Crippen molar-refractivity contribution in [2.45, 2.75) is 13.8 Å².